The molecule has 0 spiro atoms. The zero-order valence-corrected chi connectivity index (χ0v) is 35.5. The Hall–Kier alpha value is -2.27. The van der Waals surface area contributed by atoms with Gasteiger partial charge in [0.05, 0.1) is 18.5 Å². The highest BCUT2D eigenvalue weighted by atomic mass is 28.4. The number of carbonyl (C=O) groups excluding carboxylic acids is 1. The summed E-state index contributed by atoms with van der Waals surface area (Å²) in [5.74, 6) is -0.427. The highest BCUT2D eigenvalue weighted by Crippen LogP contribution is 2.47. The third-order valence-corrected chi connectivity index (χ3v) is 24.7. The highest BCUT2D eigenvalue weighted by molar-refractivity contribution is 6.75. The third-order valence-electron chi connectivity index (χ3n) is 11.2. The van der Waals surface area contributed by atoms with Crippen LogP contribution in [0.2, 0.25) is 54.4 Å². The van der Waals surface area contributed by atoms with E-state index in [2.05, 4.69) is 112 Å². The van der Waals surface area contributed by atoms with Crippen molar-refractivity contribution in [2.24, 2.45) is 0 Å². The largest absolute Gasteiger partial charge is 0.455 e. The minimum Gasteiger partial charge on any atom is -0.455 e. The van der Waals surface area contributed by atoms with Gasteiger partial charge in [0.25, 0.3) is 0 Å². The van der Waals surface area contributed by atoms with Gasteiger partial charge in [0.15, 0.2) is 36.8 Å². The first-order valence-electron chi connectivity index (χ1n) is 17.4. The average molecular weight is 729 g/mol. The molecule has 0 amide bonds. The van der Waals surface area contributed by atoms with Crippen LogP contribution in [0.4, 0.5) is 0 Å². The second-order valence-corrected chi connectivity index (χ2v) is 32.2. The molecule has 10 nitrogen and oxygen atoms in total. The van der Waals surface area contributed by atoms with Crippen molar-refractivity contribution >= 4 is 42.1 Å². The Balaban J connectivity index is 1.77. The van der Waals surface area contributed by atoms with Crippen LogP contribution in [0.5, 0.6) is 0 Å². The molecule has 0 bridgehead atoms. The zero-order valence-electron chi connectivity index (χ0n) is 32.5. The Kier molecular flexibility index (Phi) is 11.3. The standard InChI is InChI=1S/C36H60N4O6Si3/c1-34(2,3)47(10,11)43-22-27-29(45-48(12,13)35(4,5)6)30(46-49(14,15)36(7,8)9)32(44-27)40-24-39-28-26(37-23-38-31(28)40)21-42-33(41)25-19-17-16-18-20-25/h16-20,23-24,27,29-30,32H,21-22H2,1-15H3/t27-,29-,30-,32-/m1/s1. The lowest BCUT2D eigenvalue weighted by Crippen LogP contribution is -2.54. The number of benzene rings is 1. The Bertz CT molecular complexity index is 1590. The molecule has 1 aliphatic heterocycles. The van der Waals surface area contributed by atoms with Crippen molar-refractivity contribution in [3.63, 3.8) is 0 Å². The van der Waals surface area contributed by atoms with E-state index in [1.54, 1.807) is 30.6 Å². The molecule has 2 aromatic heterocycles. The van der Waals surface area contributed by atoms with Gasteiger partial charge >= 0.3 is 5.97 Å². The lowest BCUT2D eigenvalue weighted by Gasteiger charge is -2.44. The molecule has 0 saturated carbocycles. The lowest BCUT2D eigenvalue weighted by atomic mass is 10.1. The van der Waals surface area contributed by atoms with Crippen molar-refractivity contribution in [3.8, 4) is 0 Å². The van der Waals surface area contributed by atoms with Crippen LogP contribution in [0.1, 0.15) is 84.6 Å². The quantitative estimate of drug-likeness (QED) is 0.141. The molecule has 13 heteroatoms. The summed E-state index contributed by atoms with van der Waals surface area (Å²) in [7, 11) is -6.76. The maximum atomic E-state index is 12.7. The number of ether oxygens (including phenoxy) is 2. The number of hydrogen-bond donors (Lipinski definition) is 0. The van der Waals surface area contributed by atoms with Crippen LogP contribution in [0.15, 0.2) is 43.0 Å². The third kappa shape index (κ3) is 8.62. The smallest absolute Gasteiger partial charge is 0.338 e. The van der Waals surface area contributed by atoms with E-state index in [-0.39, 0.29) is 33.9 Å². The van der Waals surface area contributed by atoms with Crippen molar-refractivity contribution < 1.29 is 27.5 Å². The van der Waals surface area contributed by atoms with E-state index in [0.717, 1.165) is 0 Å². The predicted molar refractivity (Wildman–Crippen MR) is 202 cm³/mol. The number of imidazole rings is 1. The van der Waals surface area contributed by atoms with Crippen LogP contribution in [0.25, 0.3) is 11.2 Å². The van der Waals surface area contributed by atoms with Crippen molar-refractivity contribution in [3.05, 3.63) is 54.2 Å². The molecule has 0 N–H and O–H groups in total. The van der Waals surface area contributed by atoms with E-state index in [0.29, 0.717) is 29.0 Å². The van der Waals surface area contributed by atoms with Gasteiger partial charge in [0.2, 0.25) is 0 Å². The fourth-order valence-electron chi connectivity index (χ4n) is 4.86. The fourth-order valence-corrected chi connectivity index (χ4v) is 8.48. The highest BCUT2D eigenvalue weighted by Gasteiger charge is 2.55. The molecule has 272 valence electrons. The van der Waals surface area contributed by atoms with Crippen molar-refractivity contribution in [1.29, 1.82) is 0 Å². The van der Waals surface area contributed by atoms with E-state index < -0.39 is 43.3 Å². The summed E-state index contributed by atoms with van der Waals surface area (Å²) in [5.41, 5.74) is 2.11. The molecule has 1 aromatic carbocycles. The Morgan fingerprint density at radius 2 is 1.33 bits per heavy atom. The van der Waals surface area contributed by atoms with Gasteiger partial charge < -0.3 is 22.8 Å². The van der Waals surface area contributed by atoms with Crippen LogP contribution < -0.4 is 0 Å². The summed E-state index contributed by atoms with van der Waals surface area (Å²) in [6.45, 7) is 34.2. The molecular formula is C36H60N4O6Si3. The molecule has 1 fully saturated rings. The van der Waals surface area contributed by atoms with E-state index in [4.69, 9.17) is 27.7 Å². The number of nitrogens with zero attached hydrogens (tertiary/aromatic N) is 4. The van der Waals surface area contributed by atoms with Gasteiger partial charge in [-0.25, -0.2) is 19.7 Å². The van der Waals surface area contributed by atoms with Crippen molar-refractivity contribution in [1.82, 2.24) is 19.5 Å². The van der Waals surface area contributed by atoms with Crippen LogP contribution in [0.3, 0.4) is 0 Å². The van der Waals surface area contributed by atoms with E-state index >= 15 is 0 Å². The van der Waals surface area contributed by atoms with Gasteiger partial charge in [0.1, 0.15) is 42.5 Å². The number of esters is 1. The van der Waals surface area contributed by atoms with Gasteiger partial charge in [-0.2, -0.15) is 0 Å². The molecule has 0 radical (unpaired) electrons. The Morgan fingerprint density at radius 1 is 0.776 bits per heavy atom. The lowest BCUT2D eigenvalue weighted by molar-refractivity contribution is -0.0470. The molecule has 4 atom stereocenters. The fraction of sp³-hybridized carbons (Fsp3) is 0.667. The summed E-state index contributed by atoms with van der Waals surface area (Å²) >= 11 is 0. The Morgan fingerprint density at radius 3 is 1.88 bits per heavy atom. The average Bonchev–Trinajstić information content (AvgIpc) is 3.54. The van der Waals surface area contributed by atoms with Gasteiger partial charge in [0, 0.05) is 0 Å². The van der Waals surface area contributed by atoms with E-state index in [1.807, 2.05) is 10.6 Å². The predicted octanol–water partition coefficient (Wildman–Crippen LogP) is 8.88. The Labute approximate surface area is 297 Å². The van der Waals surface area contributed by atoms with Gasteiger partial charge in [-0.05, 0) is 66.5 Å². The number of hydrogen-bond acceptors (Lipinski definition) is 9. The van der Waals surface area contributed by atoms with Gasteiger partial charge in [-0.1, -0.05) is 80.5 Å². The topological polar surface area (TPSA) is 107 Å². The molecule has 3 heterocycles. The number of aromatic nitrogens is 4. The van der Waals surface area contributed by atoms with Crippen molar-refractivity contribution in [2.75, 3.05) is 6.61 Å². The SMILES string of the molecule is CC(C)(C)[Si](C)(C)OC[C@H]1O[C@@H](n2cnc3c(COC(=O)c4ccccc4)ncnc32)[C@H](O[Si](C)(C)C(C)(C)C)[C@@H]1O[Si](C)(C)C(C)(C)C. The normalized spacial score (nSPS) is 21.4. The summed E-state index contributed by atoms with van der Waals surface area (Å²) in [6, 6.07) is 8.91. The molecule has 49 heavy (non-hydrogen) atoms. The zero-order chi connectivity index (χ0) is 36.8. The van der Waals surface area contributed by atoms with E-state index in [1.165, 1.54) is 6.33 Å². The molecule has 3 aromatic rings. The number of rotatable bonds is 11. The maximum Gasteiger partial charge on any atom is 0.338 e. The second kappa shape index (κ2) is 14.0. The molecule has 1 saturated heterocycles. The molecule has 4 rings (SSSR count). The van der Waals surface area contributed by atoms with Crippen LogP contribution >= 0.6 is 0 Å². The first kappa shape index (κ1) is 39.5. The summed E-state index contributed by atoms with van der Waals surface area (Å²) in [5, 5.41) is -0.0437. The first-order valence-corrected chi connectivity index (χ1v) is 26.1. The van der Waals surface area contributed by atoms with Crippen LogP contribution in [-0.2, 0) is 29.4 Å². The van der Waals surface area contributed by atoms with Gasteiger partial charge in [-0.3, -0.25) is 4.57 Å². The molecular weight excluding hydrogens is 669 g/mol. The molecule has 0 unspecified atom stereocenters. The molecule has 0 aliphatic carbocycles. The van der Waals surface area contributed by atoms with Crippen LogP contribution in [-0.4, -0.2) is 75.4 Å². The minimum atomic E-state index is -2.34. The number of carbonyl (C=O) groups is 1. The van der Waals surface area contributed by atoms with Crippen LogP contribution in [0, 0.1) is 0 Å². The molecule has 1 aliphatic rings. The summed E-state index contributed by atoms with van der Waals surface area (Å²) < 4.78 is 36.0. The first-order chi connectivity index (χ1) is 22.4. The second-order valence-electron chi connectivity index (χ2n) is 17.9. The summed E-state index contributed by atoms with van der Waals surface area (Å²) in [6.07, 6.45) is 1.41. The van der Waals surface area contributed by atoms with Crippen molar-refractivity contribution in [2.45, 2.75) is 148 Å². The number of fused-ring (bicyclic) bond motifs is 1. The maximum absolute atomic E-state index is 12.7. The summed E-state index contributed by atoms with van der Waals surface area (Å²) in [4.78, 5) is 26.6. The minimum absolute atomic E-state index is 0.0293. The monoisotopic (exact) mass is 728 g/mol. The van der Waals surface area contributed by atoms with Gasteiger partial charge in [-0.15, -0.1) is 0 Å². The van der Waals surface area contributed by atoms with E-state index in [9.17, 15) is 4.79 Å².